The van der Waals surface area contributed by atoms with Gasteiger partial charge in [-0.15, -0.1) is 0 Å². The van der Waals surface area contributed by atoms with Gasteiger partial charge in [-0.25, -0.2) is 19.7 Å². The highest BCUT2D eigenvalue weighted by Crippen LogP contribution is 2.19. The van der Waals surface area contributed by atoms with Crippen molar-refractivity contribution in [2.75, 3.05) is 5.32 Å². The Hall–Kier alpha value is -3.09. The van der Waals surface area contributed by atoms with Gasteiger partial charge in [0.2, 0.25) is 5.95 Å². The molecule has 0 fully saturated rings. The Morgan fingerprint density at radius 3 is 2.75 bits per heavy atom. The maximum atomic E-state index is 11.1. The number of fused-ring (bicyclic) bond motifs is 1. The number of hydrogen-bond donors (Lipinski definition) is 2. The molecule has 1 aromatic carbocycles. The first-order valence-electron chi connectivity index (χ1n) is 5.77. The number of aromatic carboxylic acids is 1. The Morgan fingerprint density at radius 1 is 1.10 bits per heavy atom. The van der Waals surface area contributed by atoms with Crippen LogP contribution >= 0.6 is 0 Å². The van der Waals surface area contributed by atoms with Gasteiger partial charge in [0.1, 0.15) is 5.52 Å². The number of para-hydroxylation sites is 1. The van der Waals surface area contributed by atoms with Crippen molar-refractivity contribution in [2.45, 2.75) is 0 Å². The smallest absolute Gasteiger partial charge is 0.337 e. The van der Waals surface area contributed by atoms with Crippen LogP contribution in [0.1, 0.15) is 10.4 Å². The third-order valence-electron chi connectivity index (χ3n) is 2.63. The number of rotatable bonds is 3. The van der Waals surface area contributed by atoms with Crippen LogP contribution in [-0.2, 0) is 0 Å². The third-order valence-corrected chi connectivity index (χ3v) is 2.63. The summed E-state index contributed by atoms with van der Waals surface area (Å²) in [6.07, 6.45) is 4.61. The summed E-state index contributed by atoms with van der Waals surface area (Å²) in [5.74, 6) is -0.750. The minimum Gasteiger partial charge on any atom is -0.478 e. The Bertz CT molecular complexity index is 790. The molecule has 2 aromatic heterocycles. The minimum absolute atomic E-state index is 0.148. The number of nitrogens with one attached hydrogen (secondary N) is 1. The fraction of sp³-hybridized carbons (Fsp3) is 0. The molecule has 0 aliphatic carbocycles. The topological polar surface area (TPSA) is 101 Å². The van der Waals surface area contributed by atoms with E-state index in [9.17, 15) is 4.79 Å². The van der Waals surface area contributed by atoms with E-state index in [0.717, 1.165) is 0 Å². The van der Waals surface area contributed by atoms with Gasteiger partial charge >= 0.3 is 5.97 Å². The average Bonchev–Trinajstić information content (AvgIpc) is 2.47. The van der Waals surface area contributed by atoms with E-state index >= 15 is 0 Å². The molecule has 3 rings (SSSR count). The van der Waals surface area contributed by atoms with E-state index in [1.54, 1.807) is 24.4 Å². The van der Waals surface area contributed by atoms with Crippen LogP contribution in [0.25, 0.3) is 11.2 Å². The SMILES string of the molecule is O=C(O)c1ccccc1Nc1ncc2nccnc2n1. The van der Waals surface area contributed by atoms with Gasteiger partial charge in [0.25, 0.3) is 0 Å². The molecular weight excluding hydrogens is 258 g/mol. The highest BCUT2D eigenvalue weighted by atomic mass is 16.4. The number of hydrogen-bond acceptors (Lipinski definition) is 6. The van der Waals surface area contributed by atoms with Gasteiger partial charge in [0.05, 0.1) is 17.4 Å². The van der Waals surface area contributed by atoms with Crippen molar-refractivity contribution in [1.29, 1.82) is 0 Å². The summed E-state index contributed by atoms with van der Waals surface area (Å²) >= 11 is 0. The number of carboxylic acid groups (broad SMARTS) is 1. The molecular formula is C13H9N5O2. The number of carboxylic acids is 1. The minimum atomic E-state index is -1.02. The van der Waals surface area contributed by atoms with Crippen LogP contribution in [0.3, 0.4) is 0 Å². The summed E-state index contributed by atoms with van der Waals surface area (Å²) in [5, 5.41) is 12.0. The summed E-state index contributed by atoms with van der Waals surface area (Å²) in [7, 11) is 0. The predicted octanol–water partition coefficient (Wildman–Crippen LogP) is 1.86. The van der Waals surface area contributed by atoms with Crippen molar-refractivity contribution in [3.8, 4) is 0 Å². The van der Waals surface area contributed by atoms with Crippen LogP contribution in [0.15, 0.2) is 42.9 Å². The first kappa shape index (κ1) is 12.0. The molecule has 98 valence electrons. The lowest BCUT2D eigenvalue weighted by Crippen LogP contribution is -2.04. The van der Waals surface area contributed by atoms with Crippen LogP contribution in [-0.4, -0.2) is 31.0 Å². The predicted molar refractivity (Wildman–Crippen MR) is 71.8 cm³/mol. The number of aromatic nitrogens is 4. The lowest BCUT2D eigenvalue weighted by molar-refractivity contribution is 0.0698. The van der Waals surface area contributed by atoms with Gasteiger partial charge in [-0.3, -0.25) is 0 Å². The van der Waals surface area contributed by atoms with Crippen molar-refractivity contribution in [2.24, 2.45) is 0 Å². The second-order valence-electron chi connectivity index (χ2n) is 3.93. The maximum Gasteiger partial charge on any atom is 0.337 e. The number of carbonyl (C=O) groups is 1. The molecule has 0 unspecified atom stereocenters. The van der Waals surface area contributed by atoms with Gasteiger partial charge in [-0.05, 0) is 12.1 Å². The zero-order chi connectivity index (χ0) is 13.9. The van der Waals surface area contributed by atoms with Gasteiger partial charge in [0.15, 0.2) is 5.65 Å². The highest BCUT2D eigenvalue weighted by Gasteiger charge is 2.10. The van der Waals surface area contributed by atoms with E-state index in [0.29, 0.717) is 16.9 Å². The first-order chi connectivity index (χ1) is 9.74. The van der Waals surface area contributed by atoms with Crippen LogP contribution < -0.4 is 5.32 Å². The second kappa shape index (κ2) is 4.88. The summed E-state index contributed by atoms with van der Waals surface area (Å²) in [4.78, 5) is 27.5. The number of nitrogens with zero attached hydrogens (tertiary/aromatic N) is 4. The quantitative estimate of drug-likeness (QED) is 0.746. The normalized spacial score (nSPS) is 10.4. The van der Waals surface area contributed by atoms with Gasteiger partial charge < -0.3 is 10.4 Å². The average molecular weight is 267 g/mol. The summed E-state index contributed by atoms with van der Waals surface area (Å²) < 4.78 is 0. The van der Waals surface area contributed by atoms with Crippen LogP contribution in [0.2, 0.25) is 0 Å². The molecule has 0 aliphatic heterocycles. The van der Waals surface area contributed by atoms with E-state index in [1.807, 2.05) is 0 Å². The summed E-state index contributed by atoms with van der Waals surface area (Å²) in [5.41, 5.74) is 1.58. The molecule has 7 heteroatoms. The lowest BCUT2D eigenvalue weighted by atomic mass is 10.2. The molecule has 0 saturated heterocycles. The van der Waals surface area contributed by atoms with Gasteiger partial charge in [-0.2, -0.15) is 4.98 Å². The Morgan fingerprint density at radius 2 is 1.90 bits per heavy atom. The summed E-state index contributed by atoms with van der Waals surface area (Å²) in [6.45, 7) is 0. The molecule has 2 heterocycles. The van der Waals surface area contributed by atoms with Gasteiger partial charge in [0, 0.05) is 12.4 Å². The number of benzene rings is 1. The third kappa shape index (κ3) is 2.24. The molecule has 0 atom stereocenters. The lowest BCUT2D eigenvalue weighted by Gasteiger charge is -2.07. The second-order valence-corrected chi connectivity index (χ2v) is 3.93. The Kier molecular flexibility index (Phi) is 2.92. The maximum absolute atomic E-state index is 11.1. The van der Waals surface area contributed by atoms with Crippen LogP contribution in [0.5, 0.6) is 0 Å². The molecule has 20 heavy (non-hydrogen) atoms. The largest absolute Gasteiger partial charge is 0.478 e. The van der Waals surface area contributed by atoms with Crippen molar-refractivity contribution < 1.29 is 9.90 Å². The molecule has 3 aromatic rings. The molecule has 7 nitrogen and oxygen atoms in total. The molecule has 0 bridgehead atoms. The van der Waals surface area contributed by atoms with Crippen molar-refractivity contribution >= 4 is 28.8 Å². The fourth-order valence-electron chi connectivity index (χ4n) is 1.73. The zero-order valence-electron chi connectivity index (χ0n) is 10.2. The van der Waals surface area contributed by atoms with E-state index in [2.05, 4.69) is 25.3 Å². The molecule has 0 radical (unpaired) electrons. The van der Waals surface area contributed by atoms with E-state index in [4.69, 9.17) is 5.11 Å². The standard InChI is InChI=1S/C13H9N5O2/c19-12(20)8-3-1-2-4-9(8)17-13-16-7-10-11(18-13)15-6-5-14-10/h1-7H,(H,19,20)(H,15,16,17,18). The molecule has 0 amide bonds. The van der Waals surface area contributed by atoms with E-state index in [1.165, 1.54) is 18.5 Å². The first-order valence-corrected chi connectivity index (χ1v) is 5.77. The highest BCUT2D eigenvalue weighted by molar-refractivity contribution is 5.94. The molecule has 2 N–H and O–H groups in total. The molecule has 0 saturated carbocycles. The molecule has 0 spiro atoms. The zero-order valence-corrected chi connectivity index (χ0v) is 10.2. The van der Waals surface area contributed by atoms with Crippen molar-refractivity contribution in [3.63, 3.8) is 0 Å². The molecule has 0 aliphatic rings. The number of anilines is 2. The van der Waals surface area contributed by atoms with Crippen molar-refractivity contribution in [1.82, 2.24) is 19.9 Å². The van der Waals surface area contributed by atoms with Crippen LogP contribution in [0, 0.1) is 0 Å². The Balaban J connectivity index is 1.99. The van der Waals surface area contributed by atoms with E-state index < -0.39 is 5.97 Å². The fourth-order valence-corrected chi connectivity index (χ4v) is 1.73. The summed E-state index contributed by atoms with van der Waals surface area (Å²) in [6, 6.07) is 6.54. The Labute approximate surface area is 113 Å². The van der Waals surface area contributed by atoms with Gasteiger partial charge in [-0.1, -0.05) is 12.1 Å². The monoisotopic (exact) mass is 267 g/mol. The van der Waals surface area contributed by atoms with Crippen molar-refractivity contribution in [3.05, 3.63) is 48.4 Å². The van der Waals surface area contributed by atoms with E-state index in [-0.39, 0.29) is 11.5 Å². The van der Waals surface area contributed by atoms with Crippen LogP contribution in [0.4, 0.5) is 11.6 Å².